The normalized spacial score (nSPS) is 10.8. The monoisotopic (exact) mass is 364 g/mol. The Labute approximate surface area is 157 Å². The molecule has 1 atom stereocenters. The molecular weight excluding hydrogens is 344 g/mol. The van der Waals surface area contributed by atoms with Gasteiger partial charge in [-0.1, -0.05) is 12.8 Å². The summed E-state index contributed by atoms with van der Waals surface area (Å²) < 4.78 is 1.79. The number of nitrogens with zero attached hydrogens (tertiary/aromatic N) is 1. The van der Waals surface area contributed by atoms with Crippen molar-refractivity contribution in [2.75, 3.05) is 0 Å². The average molecular weight is 364 g/mol. The summed E-state index contributed by atoms with van der Waals surface area (Å²) in [6.45, 7) is 1.65. The highest BCUT2D eigenvalue weighted by Crippen LogP contribution is 2.06. The quantitative estimate of drug-likeness (QED) is 0.702. The molecule has 0 fully saturated rings. The van der Waals surface area contributed by atoms with E-state index in [0.29, 0.717) is 17.5 Å². The average Bonchev–Trinajstić information content (AvgIpc) is 3.03. The standard InChI is InChI=1S/C21H20N2O4/c1-3-19(21(26)27)22-20(25)16-10-8-15(9-11-16)6-4-5-7-17-12-13-18(14-24)23(17)2/h8-13,19,24H,3,14H2,1-2H3,(H,22,25)(H,26,27). The number of carboxylic acids is 1. The van der Waals surface area contributed by atoms with Gasteiger partial charge in [0.25, 0.3) is 5.91 Å². The van der Waals surface area contributed by atoms with Gasteiger partial charge in [0.15, 0.2) is 0 Å². The minimum absolute atomic E-state index is 0.0464. The lowest BCUT2D eigenvalue weighted by molar-refractivity contribution is -0.139. The number of aliphatic carboxylic acids is 1. The number of hydrogen-bond donors (Lipinski definition) is 3. The van der Waals surface area contributed by atoms with Gasteiger partial charge in [0.1, 0.15) is 6.04 Å². The molecule has 1 heterocycles. The van der Waals surface area contributed by atoms with Crippen LogP contribution in [0.5, 0.6) is 0 Å². The van der Waals surface area contributed by atoms with E-state index < -0.39 is 17.9 Å². The first-order valence-corrected chi connectivity index (χ1v) is 8.37. The van der Waals surface area contributed by atoms with Gasteiger partial charge in [0, 0.05) is 23.9 Å². The first-order valence-electron chi connectivity index (χ1n) is 8.37. The molecule has 1 aromatic heterocycles. The number of carbonyl (C=O) groups excluding carboxylic acids is 1. The Morgan fingerprint density at radius 1 is 1.11 bits per heavy atom. The number of aromatic nitrogens is 1. The molecule has 0 aliphatic rings. The number of aliphatic hydroxyl groups excluding tert-OH is 1. The van der Waals surface area contributed by atoms with Crippen LogP contribution < -0.4 is 5.32 Å². The van der Waals surface area contributed by atoms with Crippen molar-refractivity contribution >= 4 is 11.9 Å². The van der Waals surface area contributed by atoms with Crippen LogP contribution >= 0.6 is 0 Å². The summed E-state index contributed by atoms with van der Waals surface area (Å²) in [7, 11) is 1.82. The van der Waals surface area contributed by atoms with E-state index in [-0.39, 0.29) is 6.61 Å². The molecule has 1 aromatic carbocycles. The molecule has 0 radical (unpaired) electrons. The Hall–Kier alpha value is -3.48. The van der Waals surface area contributed by atoms with Crippen molar-refractivity contribution in [2.45, 2.75) is 26.0 Å². The largest absolute Gasteiger partial charge is 0.480 e. The maximum absolute atomic E-state index is 12.1. The summed E-state index contributed by atoms with van der Waals surface area (Å²) in [5.74, 6) is 9.80. The third kappa shape index (κ3) is 5.24. The molecule has 0 saturated carbocycles. The van der Waals surface area contributed by atoms with Crippen LogP contribution in [0.4, 0.5) is 0 Å². The molecule has 6 nitrogen and oxygen atoms in total. The number of rotatable bonds is 5. The Balaban J connectivity index is 2.04. The predicted octanol–water partition coefficient (Wildman–Crippen LogP) is 1.51. The summed E-state index contributed by atoms with van der Waals surface area (Å²) in [5, 5.41) is 20.6. The molecule has 1 unspecified atom stereocenters. The lowest BCUT2D eigenvalue weighted by Gasteiger charge is -2.12. The van der Waals surface area contributed by atoms with Crippen molar-refractivity contribution in [2.24, 2.45) is 7.05 Å². The maximum atomic E-state index is 12.1. The highest BCUT2D eigenvalue weighted by atomic mass is 16.4. The van der Waals surface area contributed by atoms with E-state index in [1.165, 1.54) is 0 Å². The maximum Gasteiger partial charge on any atom is 0.326 e. The Bertz CT molecular complexity index is 950. The highest BCUT2D eigenvalue weighted by Gasteiger charge is 2.18. The summed E-state index contributed by atoms with van der Waals surface area (Å²) in [5.41, 5.74) is 2.58. The van der Waals surface area contributed by atoms with Crippen LogP contribution in [0, 0.1) is 23.7 Å². The molecule has 0 bridgehead atoms. The molecular formula is C21H20N2O4. The zero-order valence-corrected chi connectivity index (χ0v) is 15.1. The molecule has 2 rings (SSSR count). The molecule has 0 aliphatic heterocycles. The second-order valence-corrected chi connectivity index (χ2v) is 5.78. The predicted molar refractivity (Wildman–Crippen MR) is 101 cm³/mol. The van der Waals surface area contributed by atoms with Crippen LogP contribution in [0.2, 0.25) is 0 Å². The van der Waals surface area contributed by atoms with Gasteiger partial charge < -0.3 is 20.1 Å². The lowest BCUT2D eigenvalue weighted by atomic mass is 10.1. The topological polar surface area (TPSA) is 91.6 Å². The van der Waals surface area contributed by atoms with Crippen LogP contribution in [0.3, 0.4) is 0 Å². The van der Waals surface area contributed by atoms with Crippen molar-refractivity contribution in [1.29, 1.82) is 0 Å². The van der Waals surface area contributed by atoms with Crippen LogP contribution in [0.1, 0.15) is 40.7 Å². The van der Waals surface area contributed by atoms with Crippen molar-refractivity contribution in [3.8, 4) is 23.7 Å². The highest BCUT2D eigenvalue weighted by molar-refractivity contribution is 5.96. The number of carbonyl (C=O) groups is 2. The molecule has 6 heteroatoms. The number of carboxylic acid groups (broad SMARTS) is 1. The van der Waals surface area contributed by atoms with E-state index in [2.05, 4.69) is 29.0 Å². The summed E-state index contributed by atoms with van der Waals surface area (Å²) >= 11 is 0. The number of nitrogens with one attached hydrogen (secondary N) is 1. The van der Waals surface area contributed by atoms with E-state index in [9.17, 15) is 9.59 Å². The number of aliphatic hydroxyl groups is 1. The van der Waals surface area contributed by atoms with Gasteiger partial charge in [-0.15, -0.1) is 0 Å². The smallest absolute Gasteiger partial charge is 0.326 e. The molecule has 0 spiro atoms. The van der Waals surface area contributed by atoms with Crippen molar-refractivity contribution in [1.82, 2.24) is 9.88 Å². The van der Waals surface area contributed by atoms with Gasteiger partial charge >= 0.3 is 5.97 Å². The Morgan fingerprint density at radius 3 is 2.33 bits per heavy atom. The molecule has 3 N–H and O–H groups in total. The number of hydrogen-bond acceptors (Lipinski definition) is 3. The second-order valence-electron chi connectivity index (χ2n) is 5.78. The zero-order valence-electron chi connectivity index (χ0n) is 15.1. The third-order valence-corrected chi connectivity index (χ3v) is 4.01. The van der Waals surface area contributed by atoms with Gasteiger partial charge in [-0.3, -0.25) is 4.79 Å². The Kier molecular flexibility index (Phi) is 6.82. The van der Waals surface area contributed by atoms with Crippen molar-refractivity contribution in [3.05, 3.63) is 58.9 Å². The molecule has 2 aromatic rings. The summed E-state index contributed by atoms with van der Waals surface area (Å²) in [4.78, 5) is 23.0. The minimum Gasteiger partial charge on any atom is -0.480 e. The molecule has 27 heavy (non-hydrogen) atoms. The van der Waals surface area contributed by atoms with E-state index in [1.807, 2.05) is 13.1 Å². The van der Waals surface area contributed by atoms with Crippen molar-refractivity contribution in [3.63, 3.8) is 0 Å². The van der Waals surface area contributed by atoms with Gasteiger partial charge in [-0.25, -0.2) is 4.79 Å². The van der Waals surface area contributed by atoms with E-state index in [0.717, 1.165) is 11.4 Å². The summed E-state index contributed by atoms with van der Waals surface area (Å²) in [6, 6.07) is 9.24. The van der Waals surface area contributed by atoms with E-state index in [4.69, 9.17) is 10.2 Å². The van der Waals surface area contributed by atoms with E-state index >= 15 is 0 Å². The molecule has 0 saturated heterocycles. The van der Waals surface area contributed by atoms with Gasteiger partial charge in [-0.2, -0.15) is 0 Å². The minimum atomic E-state index is -1.06. The molecule has 0 aliphatic carbocycles. The second kappa shape index (κ2) is 9.28. The third-order valence-electron chi connectivity index (χ3n) is 4.01. The number of amides is 1. The Morgan fingerprint density at radius 2 is 1.78 bits per heavy atom. The van der Waals surface area contributed by atoms with E-state index in [1.54, 1.807) is 41.8 Å². The van der Waals surface area contributed by atoms with Crippen LogP contribution in [-0.4, -0.2) is 32.7 Å². The van der Waals surface area contributed by atoms with Crippen LogP contribution in [-0.2, 0) is 18.4 Å². The molecule has 138 valence electrons. The first-order chi connectivity index (χ1) is 13.0. The van der Waals surface area contributed by atoms with Gasteiger partial charge in [0.2, 0.25) is 0 Å². The van der Waals surface area contributed by atoms with Gasteiger partial charge in [0.05, 0.1) is 12.3 Å². The fourth-order valence-corrected chi connectivity index (χ4v) is 2.32. The van der Waals surface area contributed by atoms with Crippen LogP contribution in [0.15, 0.2) is 36.4 Å². The SMILES string of the molecule is CCC(NC(=O)c1ccc(C#CC#Cc2ccc(CO)n2C)cc1)C(=O)O. The van der Waals surface area contributed by atoms with Gasteiger partial charge in [-0.05, 0) is 60.6 Å². The van der Waals surface area contributed by atoms with Crippen LogP contribution in [0.25, 0.3) is 0 Å². The lowest BCUT2D eigenvalue weighted by Crippen LogP contribution is -2.40. The first kappa shape index (κ1) is 19.8. The molecule has 1 amide bonds. The zero-order chi connectivity index (χ0) is 19.8. The van der Waals surface area contributed by atoms with Crippen molar-refractivity contribution < 1.29 is 19.8 Å². The fraction of sp³-hybridized carbons (Fsp3) is 0.238. The fourth-order valence-electron chi connectivity index (χ4n) is 2.32. The number of benzene rings is 1. The summed E-state index contributed by atoms with van der Waals surface area (Å²) in [6.07, 6.45) is 0.310.